The van der Waals surface area contributed by atoms with Gasteiger partial charge in [-0.2, -0.15) is 18.3 Å². The molecular weight excluding hydrogens is 523 g/mol. The maximum atomic E-state index is 12.9. The molecule has 0 aliphatic rings. The van der Waals surface area contributed by atoms with Crippen molar-refractivity contribution < 1.29 is 27.4 Å². The van der Waals surface area contributed by atoms with E-state index in [0.717, 1.165) is 16.6 Å². The van der Waals surface area contributed by atoms with E-state index in [0.29, 0.717) is 34.3 Å². The van der Waals surface area contributed by atoms with Crippen LogP contribution in [0.2, 0.25) is 0 Å². The van der Waals surface area contributed by atoms with Crippen molar-refractivity contribution in [1.82, 2.24) is 4.98 Å². The number of carbonyl (C=O) groups excluding carboxylic acids is 1. The van der Waals surface area contributed by atoms with Crippen molar-refractivity contribution in [3.8, 4) is 5.75 Å². The van der Waals surface area contributed by atoms with Crippen molar-refractivity contribution in [3.05, 3.63) is 74.7 Å². The summed E-state index contributed by atoms with van der Waals surface area (Å²) < 4.78 is 50.2. The Morgan fingerprint density at radius 3 is 2.85 bits per heavy atom. The minimum absolute atomic E-state index is 0.0382. The number of esters is 1. The van der Waals surface area contributed by atoms with Crippen molar-refractivity contribution >= 4 is 44.6 Å². The molecule has 0 unspecified atom stereocenters. The minimum atomic E-state index is -4.41. The normalized spacial score (nSPS) is 11.5. The molecular formula is C22H19BrF3N3O3S. The molecule has 0 atom stereocenters. The first-order valence-electron chi connectivity index (χ1n) is 9.72. The van der Waals surface area contributed by atoms with E-state index in [-0.39, 0.29) is 19.0 Å². The first-order chi connectivity index (χ1) is 15.7. The topological polar surface area (TPSA) is 72.8 Å². The van der Waals surface area contributed by atoms with Crippen LogP contribution < -0.4 is 10.2 Å². The molecule has 0 saturated carbocycles. The van der Waals surface area contributed by atoms with Crippen LogP contribution in [0.5, 0.6) is 5.75 Å². The zero-order valence-corrected chi connectivity index (χ0v) is 19.8. The van der Waals surface area contributed by atoms with E-state index >= 15 is 0 Å². The van der Waals surface area contributed by atoms with Crippen LogP contribution in [-0.4, -0.2) is 23.8 Å². The molecule has 1 aromatic heterocycles. The van der Waals surface area contributed by atoms with Gasteiger partial charge in [-0.25, -0.2) is 4.98 Å². The lowest BCUT2D eigenvalue weighted by molar-refractivity contribution is -0.142. The van der Waals surface area contributed by atoms with Crippen LogP contribution in [0.15, 0.2) is 57.4 Å². The zero-order valence-electron chi connectivity index (χ0n) is 17.4. The summed E-state index contributed by atoms with van der Waals surface area (Å²) in [4.78, 5) is 15.8. The SMILES string of the molecule is CCOC(=O)Cc1csc(NN=Cc2cc(Br)ccc2OCc2cccc(C(F)(F)F)c2)n1. The number of nitrogens with one attached hydrogen (secondary N) is 1. The van der Waals surface area contributed by atoms with Crippen LogP contribution in [0.25, 0.3) is 0 Å². The summed E-state index contributed by atoms with van der Waals surface area (Å²) in [7, 11) is 0. The number of halogens is 4. The minimum Gasteiger partial charge on any atom is -0.488 e. The third kappa shape index (κ3) is 7.57. The standard InChI is InChI=1S/C22H19BrF3N3O3S/c1-2-31-20(30)10-18-13-33-21(28-18)29-27-11-15-9-17(23)6-7-19(15)32-12-14-4-3-5-16(8-14)22(24,25)26/h3-9,11,13H,2,10,12H2,1H3,(H,28,29). The summed E-state index contributed by atoms with van der Waals surface area (Å²) >= 11 is 4.67. The van der Waals surface area contributed by atoms with E-state index in [2.05, 4.69) is 31.4 Å². The number of hydrazone groups is 1. The van der Waals surface area contributed by atoms with Crippen molar-refractivity contribution in [2.45, 2.75) is 26.1 Å². The van der Waals surface area contributed by atoms with Crippen LogP contribution in [0.4, 0.5) is 18.3 Å². The molecule has 0 radical (unpaired) electrons. The average Bonchev–Trinajstić information content (AvgIpc) is 3.20. The zero-order chi connectivity index (χ0) is 23.8. The largest absolute Gasteiger partial charge is 0.488 e. The van der Waals surface area contributed by atoms with Gasteiger partial charge in [-0.05, 0) is 42.8 Å². The summed E-state index contributed by atoms with van der Waals surface area (Å²) in [6, 6.07) is 10.2. The predicted octanol–water partition coefficient (Wildman–Crippen LogP) is 6.06. The summed E-state index contributed by atoms with van der Waals surface area (Å²) in [5.74, 6) is 0.0952. The first kappa shape index (κ1) is 24.7. The quantitative estimate of drug-likeness (QED) is 0.202. The van der Waals surface area contributed by atoms with E-state index in [1.807, 2.05) is 0 Å². The third-order valence-electron chi connectivity index (χ3n) is 4.17. The molecule has 174 valence electrons. The van der Waals surface area contributed by atoms with Gasteiger partial charge in [0.15, 0.2) is 0 Å². The van der Waals surface area contributed by atoms with Gasteiger partial charge in [0.25, 0.3) is 0 Å². The van der Waals surface area contributed by atoms with Crippen LogP contribution in [0.1, 0.15) is 29.3 Å². The molecule has 0 aliphatic heterocycles. The van der Waals surface area contributed by atoms with Crippen LogP contribution >= 0.6 is 27.3 Å². The van der Waals surface area contributed by atoms with Gasteiger partial charge in [-0.3, -0.25) is 10.2 Å². The molecule has 0 fully saturated rings. The number of hydrogen-bond acceptors (Lipinski definition) is 7. The van der Waals surface area contributed by atoms with E-state index in [9.17, 15) is 18.0 Å². The second-order valence-corrected chi connectivity index (χ2v) is 8.44. The highest BCUT2D eigenvalue weighted by Crippen LogP contribution is 2.30. The van der Waals surface area contributed by atoms with Crippen LogP contribution in [-0.2, 0) is 28.7 Å². The van der Waals surface area contributed by atoms with Gasteiger partial charge >= 0.3 is 12.1 Å². The van der Waals surface area contributed by atoms with Gasteiger partial charge in [0.2, 0.25) is 5.13 Å². The van der Waals surface area contributed by atoms with Gasteiger partial charge < -0.3 is 9.47 Å². The fourth-order valence-corrected chi connectivity index (χ4v) is 3.74. The fourth-order valence-electron chi connectivity index (χ4n) is 2.71. The van der Waals surface area contributed by atoms with Crippen molar-refractivity contribution in [2.75, 3.05) is 12.0 Å². The monoisotopic (exact) mass is 541 g/mol. The number of anilines is 1. The highest BCUT2D eigenvalue weighted by atomic mass is 79.9. The van der Waals surface area contributed by atoms with E-state index < -0.39 is 11.7 Å². The smallest absolute Gasteiger partial charge is 0.416 e. The molecule has 0 aliphatic carbocycles. The Balaban J connectivity index is 1.65. The van der Waals surface area contributed by atoms with Crippen LogP contribution in [0.3, 0.4) is 0 Å². The lowest BCUT2D eigenvalue weighted by Gasteiger charge is -2.12. The molecule has 1 N–H and O–H groups in total. The molecule has 11 heteroatoms. The lowest BCUT2D eigenvalue weighted by atomic mass is 10.1. The Bertz CT molecular complexity index is 1140. The Morgan fingerprint density at radius 1 is 1.27 bits per heavy atom. The molecule has 0 saturated heterocycles. The first-order valence-corrected chi connectivity index (χ1v) is 11.4. The molecule has 6 nitrogen and oxygen atoms in total. The van der Waals surface area contributed by atoms with Crippen molar-refractivity contribution in [3.63, 3.8) is 0 Å². The van der Waals surface area contributed by atoms with E-state index in [4.69, 9.17) is 9.47 Å². The second-order valence-electron chi connectivity index (χ2n) is 6.66. The number of hydrogen-bond donors (Lipinski definition) is 1. The summed E-state index contributed by atoms with van der Waals surface area (Å²) in [5.41, 5.74) is 3.64. The summed E-state index contributed by atoms with van der Waals surface area (Å²) in [6.07, 6.45) is -2.82. The molecule has 1 heterocycles. The average molecular weight is 542 g/mol. The van der Waals surface area contributed by atoms with Gasteiger partial charge in [0, 0.05) is 15.4 Å². The molecule has 3 aromatic rings. The van der Waals surface area contributed by atoms with Crippen LogP contribution in [0, 0.1) is 0 Å². The molecule has 0 bridgehead atoms. The Labute approximate surface area is 200 Å². The number of ether oxygens (including phenoxy) is 2. The molecule has 33 heavy (non-hydrogen) atoms. The number of aromatic nitrogens is 1. The summed E-state index contributed by atoms with van der Waals surface area (Å²) in [6.45, 7) is 2.01. The van der Waals surface area contributed by atoms with Gasteiger partial charge in [-0.15, -0.1) is 11.3 Å². The molecule has 2 aromatic carbocycles. The molecule has 3 rings (SSSR count). The maximum Gasteiger partial charge on any atom is 0.416 e. The Morgan fingerprint density at radius 2 is 2.09 bits per heavy atom. The maximum absolute atomic E-state index is 12.9. The number of carbonyl (C=O) groups is 1. The molecule has 0 amide bonds. The number of alkyl halides is 3. The van der Waals surface area contributed by atoms with Crippen molar-refractivity contribution in [1.29, 1.82) is 0 Å². The fraction of sp³-hybridized carbons (Fsp3) is 0.227. The van der Waals surface area contributed by atoms with E-state index in [1.165, 1.54) is 23.6 Å². The highest BCUT2D eigenvalue weighted by molar-refractivity contribution is 9.10. The van der Waals surface area contributed by atoms with Crippen molar-refractivity contribution in [2.24, 2.45) is 5.10 Å². The Kier molecular flexibility index (Phi) is 8.45. The number of benzene rings is 2. The van der Waals surface area contributed by atoms with Gasteiger partial charge in [-0.1, -0.05) is 28.1 Å². The summed E-state index contributed by atoms with van der Waals surface area (Å²) in [5, 5.41) is 6.38. The number of thiazole rings is 1. The second kappa shape index (κ2) is 11.3. The number of rotatable bonds is 9. The number of nitrogens with zero attached hydrogens (tertiary/aromatic N) is 2. The Hall–Kier alpha value is -2.92. The highest BCUT2D eigenvalue weighted by Gasteiger charge is 2.30. The van der Waals surface area contributed by atoms with Gasteiger partial charge in [0.1, 0.15) is 12.4 Å². The predicted molar refractivity (Wildman–Crippen MR) is 124 cm³/mol. The third-order valence-corrected chi connectivity index (χ3v) is 5.46. The molecule has 0 spiro atoms. The lowest BCUT2D eigenvalue weighted by Crippen LogP contribution is -2.07. The van der Waals surface area contributed by atoms with E-state index in [1.54, 1.807) is 36.6 Å². The van der Waals surface area contributed by atoms with Gasteiger partial charge in [0.05, 0.1) is 30.5 Å².